The number of carbonyl (C=O) groups excluding carboxylic acids is 1. The van der Waals surface area contributed by atoms with Crippen molar-refractivity contribution in [2.45, 2.75) is 25.3 Å². The van der Waals surface area contributed by atoms with E-state index < -0.39 is 0 Å². The number of fused-ring (bicyclic) bond motifs is 3. The molecule has 18 heavy (non-hydrogen) atoms. The lowest BCUT2D eigenvalue weighted by Crippen LogP contribution is -2.36. The number of hydrogen-bond donors (Lipinski definition) is 1. The van der Waals surface area contributed by atoms with Crippen molar-refractivity contribution in [3.63, 3.8) is 0 Å². The van der Waals surface area contributed by atoms with Gasteiger partial charge >= 0.3 is 0 Å². The Bertz CT molecular complexity index is 674. The maximum Gasteiger partial charge on any atom is 0.231 e. The van der Waals surface area contributed by atoms with Gasteiger partial charge in [-0.1, -0.05) is 11.6 Å². The fourth-order valence-electron chi connectivity index (χ4n) is 3.33. The lowest BCUT2D eigenvalue weighted by Gasteiger charge is -2.29. The summed E-state index contributed by atoms with van der Waals surface area (Å²) in [7, 11) is 0. The highest BCUT2D eigenvalue weighted by molar-refractivity contribution is 6.31. The first kappa shape index (κ1) is 10.6. The Morgan fingerprint density at radius 3 is 3.11 bits per heavy atom. The van der Waals surface area contributed by atoms with Gasteiger partial charge in [0.2, 0.25) is 5.91 Å². The van der Waals surface area contributed by atoms with E-state index in [0.29, 0.717) is 12.5 Å². The summed E-state index contributed by atoms with van der Waals surface area (Å²) < 4.78 is 1.90. The minimum Gasteiger partial charge on any atom is -0.308 e. The van der Waals surface area contributed by atoms with Gasteiger partial charge < -0.3 is 5.32 Å². The Kier molecular flexibility index (Phi) is 2.11. The molecule has 3 heterocycles. The first-order chi connectivity index (χ1) is 8.75. The molecule has 1 aromatic carbocycles. The molecule has 2 aliphatic heterocycles. The van der Waals surface area contributed by atoms with Crippen LogP contribution in [0.2, 0.25) is 5.02 Å². The third-order valence-electron chi connectivity index (χ3n) is 4.07. The predicted molar refractivity (Wildman–Crippen MR) is 71.3 cm³/mol. The van der Waals surface area contributed by atoms with Gasteiger partial charge in [-0.05, 0) is 43.1 Å². The number of aromatic nitrogens is 1. The molecule has 0 saturated heterocycles. The fraction of sp³-hybridized carbons (Fsp3) is 0.357. The van der Waals surface area contributed by atoms with E-state index in [9.17, 15) is 4.79 Å². The van der Waals surface area contributed by atoms with E-state index in [1.165, 1.54) is 11.3 Å². The molecule has 1 unspecified atom stereocenters. The van der Waals surface area contributed by atoms with Crippen molar-refractivity contribution in [3.05, 3.63) is 34.5 Å². The van der Waals surface area contributed by atoms with E-state index in [-0.39, 0.29) is 5.91 Å². The summed E-state index contributed by atoms with van der Waals surface area (Å²) in [6.07, 6.45) is 2.51. The Morgan fingerprint density at radius 2 is 2.22 bits per heavy atom. The second-order valence-electron chi connectivity index (χ2n) is 5.05. The van der Waals surface area contributed by atoms with Crippen molar-refractivity contribution in [1.82, 2.24) is 9.88 Å². The monoisotopic (exact) mass is 260 g/mol. The second kappa shape index (κ2) is 3.59. The number of nitrogens with zero attached hydrogens (tertiary/aromatic N) is 1. The fourth-order valence-corrected chi connectivity index (χ4v) is 3.50. The number of hydrogen-bond acceptors (Lipinski definition) is 2. The van der Waals surface area contributed by atoms with Crippen LogP contribution in [0.5, 0.6) is 0 Å². The van der Waals surface area contributed by atoms with Crippen LogP contribution in [0.1, 0.15) is 34.9 Å². The molecule has 1 atom stereocenters. The average molecular weight is 261 g/mol. The standard InChI is InChI=1S/C14H13ClN2O/c15-8-1-3-12-10(7-8)9-5-6-16-11-2-4-13(18)17(12)14(9)11/h1,3,7,11,16H,2,4-6H2. The second-order valence-corrected chi connectivity index (χ2v) is 5.49. The zero-order chi connectivity index (χ0) is 12.3. The van der Waals surface area contributed by atoms with Gasteiger partial charge in [0.15, 0.2) is 0 Å². The summed E-state index contributed by atoms with van der Waals surface area (Å²) >= 11 is 6.09. The van der Waals surface area contributed by atoms with E-state index in [0.717, 1.165) is 35.3 Å². The molecule has 0 spiro atoms. The molecule has 92 valence electrons. The molecule has 2 aliphatic rings. The van der Waals surface area contributed by atoms with Crippen molar-refractivity contribution in [2.24, 2.45) is 0 Å². The largest absolute Gasteiger partial charge is 0.308 e. The van der Waals surface area contributed by atoms with Gasteiger partial charge in [-0.15, -0.1) is 0 Å². The van der Waals surface area contributed by atoms with Crippen molar-refractivity contribution >= 4 is 28.4 Å². The lowest BCUT2D eigenvalue weighted by molar-refractivity contribution is 0.0874. The highest BCUT2D eigenvalue weighted by Crippen LogP contribution is 2.38. The summed E-state index contributed by atoms with van der Waals surface area (Å²) in [6, 6.07) is 6.16. The van der Waals surface area contributed by atoms with Crippen LogP contribution in [0.25, 0.3) is 10.9 Å². The van der Waals surface area contributed by atoms with Crippen molar-refractivity contribution in [2.75, 3.05) is 6.54 Å². The van der Waals surface area contributed by atoms with Gasteiger partial charge in [0, 0.05) is 28.6 Å². The van der Waals surface area contributed by atoms with E-state index in [1.807, 2.05) is 22.8 Å². The molecular weight excluding hydrogens is 248 g/mol. The third-order valence-corrected chi connectivity index (χ3v) is 4.30. The number of halogens is 1. The zero-order valence-corrected chi connectivity index (χ0v) is 10.6. The molecule has 1 N–H and O–H groups in total. The molecular formula is C14H13ClN2O. The summed E-state index contributed by atoms with van der Waals surface area (Å²) in [5.74, 6) is 0.212. The van der Waals surface area contributed by atoms with Crippen LogP contribution in [0.15, 0.2) is 18.2 Å². The highest BCUT2D eigenvalue weighted by atomic mass is 35.5. The topological polar surface area (TPSA) is 34.0 Å². The minimum absolute atomic E-state index is 0.212. The molecule has 0 radical (unpaired) electrons. The zero-order valence-electron chi connectivity index (χ0n) is 9.87. The molecule has 0 amide bonds. The van der Waals surface area contributed by atoms with Crippen LogP contribution < -0.4 is 5.32 Å². The van der Waals surface area contributed by atoms with Crippen molar-refractivity contribution in [1.29, 1.82) is 0 Å². The first-order valence-electron chi connectivity index (χ1n) is 6.35. The molecule has 4 rings (SSSR count). The van der Waals surface area contributed by atoms with Crippen molar-refractivity contribution < 1.29 is 4.79 Å². The lowest BCUT2D eigenvalue weighted by atomic mass is 9.94. The number of carbonyl (C=O) groups is 1. The van der Waals surface area contributed by atoms with Crippen LogP contribution in [-0.2, 0) is 6.42 Å². The van der Waals surface area contributed by atoms with Crippen LogP contribution >= 0.6 is 11.6 Å². The van der Waals surface area contributed by atoms with Gasteiger partial charge in [0.25, 0.3) is 0 Å². The summed E-state index contributed by atoms with van der Waals surface area (Å²) in [5, 5.41) is 5.40. The van der Waals surface area contributed by atoms with Gasteiger partial charge in [0.1, 0.15) is 0 Å². The van der Waals surface area contributed by atoms with Gasteiger partial charge in [-0.2, -0.15) is 0 Å². The van der Waals surface area contributed by atoms with Gasteiger partial charge in [-0.3, -0.25) is 9.36 Å². The van der Waals surface area contributed by atoms with E-state index >= 15 is 0 Å². The molecule has 0 aliphatic carbocycles. The Balaban J connectivity index is 2.15. The summed E-state index contributed by atoms with van der Waals surface area (Å²) in [6.45, 7) is 0.984. The molecule has 3 nitrogen and oxygen atoms in total. The maximum atomic E-state index is 12.2. The van der Waals surface area contributed by atoms with Gasteiger partial charge in [-0.25, -0.2) is 0 Å². The van der Waals surface area contributed by atoms with E-state index in [1.54, 1.807) is 0 Å². The maximum absolute atomic E-state index is 12.2. The van der Waals surface area contributed by atoms with Crippen LogP contribution in [0.3, 0.4) is 0 Å². The SMILES string of the molecule is O=C1CCC2NCCc3c2n1c1ccc(Cl)cc31. The van der Waals surface area contributed by atoms with Crippen molar-refractivity contribution in [3.8, 4) is 0 Å². The van der Waals surface area contributed by atoms with Crippen LogP contribution in [-0.4, -0.2) is 17.0 Å². The third kappa shape index (κ3) is 1.26. The molecule has 1 aromatic heterocycles. The van der Waals surface area contributed by atoms with E-state index in [4.69, 9.17) is 11.6 Å². The Morgan fingerprint density at radius 1 is 1.33 bits per heavy atom. The predicted octanol–water partition coefficient (Wildman–Crippen LogP) is 2.92. The smallest absolute Gasteiger partial charge is 0.231 e. The average Bonchev–Trinajstić information content (AvgIpc) is 2.70. The normalized spacial score (nSPS) is 22.3. The quantitative estimate of drug-likeness (QED) is 0.790. The molecule has 0 saturated carbocycles. The molecule has 0 bridgehead atoms. The first-order valence-corrected chi connectivity index (χ1v) is 6.73. The summed E-state index contributed by atoms with van der Waals surface area (Å²) in [4.78, 5) is 12.2. The number of rotatable bonds is 0. The highest BCUT2D eigenvalue weighted by Gasteiger charge is 2.33. The number of nitrogens with one attached hydrogen (secondary N) is 1. The number of benzene rings is 1. The summed E-state index contributed by atoms with van der Waals surface area (Å²) in [5.41, 5.74) is 3.50. The van der Waals surface area contributed by atoms with Gasteiger partial charge in [0.05, 0.1) is 5.52 Å². The Hall–Kier alpha value is -1.32. The van der Waals surface area contributed by atoms with Crippen LogP contribution in [0, 0.1) is 0 Å². The minimum atomic E-state index is 0.212. The molecule has 0 fully saturated rings. The Labute approximate surface area is 110 Å². The van der Waals surface area contributed by atoms with Crippen LogP contribution in [0.4, 0.5) is 0 Å². The molecule has 2 aromatic rings. The molecule has 4 heteroatoms. The van der Waals surface area contributed by atoms with E-state index in [2.05, 4.69) is 5.32 Å².